The molecule has 0 bridgehead atoms. The van der Waals surface area contributed by atoms with Crippen LogP contribution in [-0.2, 0) is 60.2 Å². The fourth-order valence-electron chi connectivity index (χ4n) is 8.96. The zero-order valence-electron chi connectivity index (χ0n) is 48.8. The molecule has 94 heavy (non-hydrogen) atoms. The van der Waals surface area contributed by atoms with Gasteiger partial charge in [0.25, 0.3) is 16.0 Å². The molecule has 488 valence electrons. The maximum Gasteiger partial charge on any atom is 0.416 e. The van der Waals surface area contributed by atoms with Crippen LogP contribution in [0.15, 0.2) is 218 Å². The first-order valence-corrected chi connectivity index (χ1v) is 30.9. The molecule has 0 aliphatic heterocycles. The summed E-state index contributed by atoms with van der Waals surface area (Å²) >= 11 is 6.21. The molecule has 3 aromatic heterocycles. The normalized spacial score (nSPS) is 11.7. The third-order valence-electron chi connectivity index (χ3n) is 13.6. The molecule has 3 heterocycles. The number of sulfone groups is 1. The van der Waals surface area contributed by atoms with Crippen molar-refractivity contribution in [2.24, 2.45) is 5.84 Å². The number of hydrogen-bond acceptors (Lipinski definition) is 14. The number of carbonyl (C=O) groups excluding carboxylic acids is 1. The van der Waals surface area contributed by atoms with Gasteiger partial charge >= 0.3 is 29.9 Å². The molecule has 29 heteroatoms. The lowest BCUT2D eigenvalue weighted by molar-refractivity contribution is -0.138. The van der Waals surface area contributed by atoms with Crippen LogP contribution in [0.5, 0.6) is 0 Å². The van der Waals surface area contributed by atoms with Crippen molar-refractivity contribution in [2.75, 3.05) is 12.5 Å². The van der Waals surface area contributed by atoms with E-state index in [1.807, 2.05) is 60.2 Å². The predicted octanol–water partition coefficient (Wildman–Crippen LogP) is 16.7. The van der Waals surface area contributed by atoms with E-state index in [-0.39, 0.29) is 10.7 Å². The third-order valence-corrected chi connectivity index (χ3v) is 15.1. The molecule has 0 radical (unpaired) electrons. The van der Waals surface area contributed by atoms with Gasteiger partial charge < -0.3 is 13.3 Å². The van der Waals surface area contributed by atoms with E-state index in [0.29, 0.717) is 70.5 Å². The highest BCUT2D eigenvalue weighted by atomic mass is 32.2. The van der Waals surface area contributed by atoms with Gasteiger partial charge in [-0.1, -0.05) is 138 Å². The summed E-state index contributed by atoms with van der Waals surface area (Å²) in [6.07, 6.45) is -13.0. The maximum atomic E-state index is 12.7. The Hall–Kier alpha value is -9.71. The zero-order chi connectivity index (χ0) is 68.0. The number of halogens is 12. The summed E-state index contributed by atoms with van der Waals surface area (Å²) in [5.41, 5.74) is 7.87. The number of nitrogens with zero attached hydrogens (tertiary/aromatic N) is 5. The lowest BCUT2D eigenvalue weighted by Crippen LogP contribution is -2.30. The topological polar surface area (TPSA) is 209 Å². The summed E-state index contributed by atoms with van der Waals surface area (Å²) in [6.45, 7) is 0. The Morgan fingerprint density at radius 1 is 0.468 bits per heavy atom. The van der Waals surface area contributed by atoms with E-state index in [9.17, 15) is 65.9 Å². The van der Waals surface area contributed by atoms with E-state index in [0.717, 1.165) is 93.7 Å². The number of hydrogen-bond donors (Lipinski definition) is 3. The van der Waals surface area contributed by atoms with Crippen molar-refractivity contribution in [3.63, 3.8) is 0 Å². The monoisotopic (exact) mass is 1360 g/mol. The van der Waals surface area contributed by atoms with Crippen LogP contribution in [0.1, 0.15) is 77.1 Å². The maximum absolute atomic E-state index is 12.7. The highest BCUT2D eigenvalue weighted by Crippen LogP contribution is 2.35. The number of aromatic nitrogens is 6. The number of H-pyrrole nitrogens is 1. The second-order valence-corrected chi connectivity index (χ2v) is 23.3. The van der Waals surface area contributed by atoms with Crippen LogP contribution < -0.4 is 11.3 Å². The molecule has 0 atom stereocenters. The molecule has 0 fully saturated rings. The molecule has 0 spiro atoms. The molecule has 0 aliphatic carbocycles. The first-order valence-electron chi connectivity index (χ1n) is 27.4. The predicted molar refractivity (Wildman–Crippen MR) is 327 cm³/mol. The van der Waals surface area contributed by atoms with Crippen molar-refractivity contribution in [2.45, 2.75) is 60.8 Å². The van der Waals surface area contributed by atoms with E-state index in [2.05, 4.69) is 30.6 Å². The van der Waals surface area contributed by atoms with Crippen molar-refractivity contribution in [3.05, 3.63) is 271 Å². The molecule has 0 saturated carbocycles. The van der Waals surface area contributed by atoms with Gasteiger partial charge in [-0.3, -0.25) is 10.2 Å². The second-order valence-electron chi connectivity index (χ2n) is 20.2. The van der Waals surface area contributed by atoms with Crippen molar-refractivity contribution < 1.29 is 79.1 Å². The summed E-state index contributed by atoms with van der Waals surface area (Å²) in [6, 6.07) is 48.6. The van der Waals surface area contributed by atoms with Gasteiger partial charge in [0.05, 0.1) is 22.3 Å². The number of aromatic amines is 1. The number of nitrogens with two attached hydrogens (primary N) is 1. The van der Waals surface area contributed by atoms with Crippen molar-refractivity contribution in [3.8, 4) is 34.4 Å². The average Bonchev–Trinajstić information content (AvgIpc) is 1.58. The molecule has 11 rings (SSSR count). The number of nitrogens with one attached hydrogen (secondary N) is 2. The van der Waals surface area contributed by atoms with Crippen molar-refractivity contribution in [1.82, 2.24) is 36.0 Å². The molecule has 11 aromatic rings. The lowest BCUT2D eigenvalue weighted by atomic mass is 9.98. The number of rotatable bonds is 14. The highest BCUT2D eigenvalue weighted by Gasteiger charge is 2.33. The molecule has 1 amide bonds. The standard InChI is InChI=1S/C17H13F3N2O3S.C17H13F3N2OS.C16H11F3N2OS.C15H13F3N2O/c1-26(23,24)16-22-21-15(25-16)14-5-3-2-4-12(14)10-11-6-8-13(9-7-11)17(18,19)20;1-24-16-22-21-15(23-16)14-5-3-2-4-12(14)10-11-6-8-13(9-7-11)17(18,19)20;17-16(18,19)12-7-5-10(6-8-12)9-11-3-1-2-4-13(11)14-20-21-15(23)22-14;16-15(17,18)12-7-5-10(6-8-12)9-11-3-1-2-4-13(11)14(21)20-19/h2-9H,10H2,1H3;2-9H,10H2,1H3;1-8H,9H2,(H,21,23);1-8H,9,19H2,(H,20,21). The lowest BCUT2D eigenvalue weighted by Gasteiger charge is -2.10. The molecule has 14 nitrogen and oxygen atoms in total. The van der Waals surface area contributed by atoms with Crippen LogP contribution in [0.2, 0.25) is 0 Å². The first kappa shape index (κ1) is 70.2. The molecule has 0 aliphatic rings. The number of alkyl halides is 12. The van der Waals surface area contributed by atoms with Crippen LogP contribution in [-0.4, -0.2) is 57.4 Å². The Morgan fingerprint density at radius 3 is 1.12 bits per heavy atom. The van der Waals surface area contributed by atoms with E-state index < -0.39 is 67.9 Å². The Balaban J connectivity index is 0.000000161. The zero-order valence-corrected chi connectivity index (χ0v) is 51.3. The average molecular weight is 1360 g/mol. The largest absolute Gasteiger partial charge is 0.416 e. The van der Waals surface area contributed by atoms with Gasteiger partial charge in [0.1, 0.15) is 0 Å². The molecular formula is C65H50F12N8O6S3. The second kappa shape index (κ2) is 30.4. The number of nitrogen functional groups attached to an aromatic ring is 1. The summed E-state index contributed by atoms with van der Waals surface area (Å²) < 4.78 is 190. The Labute approximate surface area is 537 Å². The fourth-order valence-corrected chi connectivity index (χ4v) is 9.79. The molecule has 0 unspecified atom stereocenters. The van der Waals surface area contributed by atoms with E-state index >= 15 is 0 Å². The van der Waals surface area contributed by atoms with E-state index in [1.165, 1.54) is 60.3 Å². The fraction of sp³-hybridized carbons (Fsp3) is 0.154. The first-order chi connectivity index (χ1) is 44.5. The van der Waals surface area contributed by atoms with Crippen LogP contribution in [0.3, 0.4) is 0 Å². The summed E-state index contributed by atoms with van der Waals surface area (Å²) in [7, 11) is -3.63. The van der Waals surface area contributed by atoms with Crippen LogP contribution in [0.25, 0.3) is 34.4 Å². The Kier molecular flexibility index (Phi) is 22.7. The SMILES string of the molecule is CS(=O)(=O)c1nnc(-c2ccccc2Cc2ccc(C(F)(F)F)cc2)o1.CSc1nnc(-c2ccccc2Cc2ccc(C(F)(F)F)cc2)o1.FC(F)(F)c1ccc(Cc2ccccc2-c2n[nH]c(=S)o2)cc1.NNC(=O)c1ccccc1Cc1ccc(C(F)(F)F)cc1. The van der Waals surface area contributed by atoms with Gasteiger partial charge in [-0.15, -0.1) is 20.4 Å². The van der Waals surface area contributed by atoms with E-state index in [4.69, 9.17) is 31.3 Å². The van der Waals surface area contributed by atoms with Gasteiger partial charge in [-0.2, -0.15) is 52.7 Å². The van der Waals surface area contributed by atoms with Crippen molar-refractivity contribution >= 4 is 39.7 Å². The quantitative estimate of drug-likeness (QED) is 0.0231. The summed E-state index contributed by atoms with van der Waals surface area (Å²) in [5, 5.41) is 21.7. The third kappa shape index (κ3) is 19.4. The van der Waals surface area contributed by atoms with Gasteiger partial charge in [0.2, 0.25) is 27.5 Å². The van der Waals surface area contributed by atoms with E-state index in [1.54, 1.807) is 48.5 Å². The highest BCUT2D eigenvalue weighted by molar-refractivity contribution is 7.98. The molecule has 0 saturated heterocycles. The van der Waals surface area contributed by atoms with Crippen LogP contribution in [0, 0.1) is 4.84 Å². The molecular weight excluding hydrogens is 1310 g/mol. The van der Waals surface area contributed by atoms with Gasteiger partial charge in [-0.25, -0.2) is 19.4 Å². The van der Waals surface area contributed by atoms with Gasteiger partial charge in [0, 0.05) is 28.5 Å². The minimum atomic E-state index is -4.39. The summed E-state index contributed by atoms with van der Waals surface area (Å²) in [4.78, 5) is 11.8. The number of thioether (sulfide) groups is 1. The number of carbonyl (C=O) groups is 1. The minimum Gasteiger partial charge on any atom is -0.411 e. The molecule has 4 N–H and O–H groups in total. The van der Waals surface area contributed by atoms with Crippen LogP contribution >= 0.6 is 24.0 Å². The Morgan fingerprint density at radius 2 is 0.798 bits per heavy atom. The van der Waals surface area contributed by atoms with Crippen LogP contribution in [0.4, 0.5) is 52.7 Å². The number of amides is 1. The number of benzene rings is 8. The van der Waals surface area contributed by atoms with Gasteiger partial charge in [-0.05, 0) is 161 Å². The summed E-state index contributed by atoms with van der Waals surface area (Å²) in [5.74, 6) is 5.48. The van der Waals surface area contributed by atoms with Gasteiger partial charge in [0.15, 0.2) is 0 Å². The Bertz CT molecular complexity index is 4500. The van der Waals surface area contributed by atoms with Crippen molar-refractivity contribution in [1.29, 1.82) is 0 Å². The minimum absolute atomic E-state index is 0.0351. The number of hydrazine groups is 1. The molecule has 8 aromatic carbocycles. The smallest absolute Gasteiger partial charge is 0.411 e.